The SMILES string of the molecule is CCC(S)C(S)CCS. The maximum Gasteiger partial charge on any atom is 0.0141 e. The summed E-state index contributed by atoms with van der Waals surface area (Å²) in [7, 11) is 0. The van der Waals surface area contributed by atoms with Gasteiger partial charge in [-0.2, -0.15) is 37.9 Å². The van der Waals surface area contributed by atoms with Crippen LogP contribution in [0.3, 0.4) is 0 Å². The van der Waals surface area contributed by atoms with Gasteiger partial charge in [0.15, 0.2) is 0 Å². The molecular formula is C6H14S3. The monoisotopic (exact) mass is 182 g/mol. The predicted molar refractivity (Wildman–Crippen MR) is 54.3 cm³/mol. The maximum absolute atomic E-state index is 4.36. The average Bonchev–Trinajstić information content (AvgIpc) is 1.87. The number of thiol groups is 3. The molecule has 0 rings (SSSR count). The number of hydrogen-bond donors (Lipinski definition) is 3. The van der Waals surface area contributed by atoms with E-state index in [1.54, 1.807) is 0 Å². The zero-order valence-corrected chi connectivity index (χ0v) is 8.30. The molecule has 0 fully saturated rings. The summed E-state index contributed by atoms with van der Waals surface area (Å²) >= 11 is 12.8. The van der Waals surface area contributed by atoms with Crippen LogP contribution in [0.5, 0.6) is 0 Å². The summed E-state index contributed by atoms with van der Waals surface area (Å²) in [5.41, 5.74) is 0. The summed E-state index contributed by atoms with van der Waals surface area (Å²) in [5, 5.41) is 0.844. The van der Waals surface area contributed by atoms with Crippen LogP contribution in [-0.4, -0.2) is 16.3 Å². The highest BCUT2D eigenvalue weighted by atomic mass is 32.1. The normalized spacial score (nSPS) is 17.3. The van der Waals surface area contributed by atoms with Gasteiger partial charge in [-0.25, -0.2) is 0 Å². The fourth-order valence-corrected chi connectivity index (χ4v) is 1.57. The molecule has 9 heavy (non-hydrogen) atoms. The molecule has 0 aliphatic heterocycles. The summed E-state index contributed by atoms with van der Waals surface area (Å²) in [4.78, 5) is 0. The summed E-state index contributed by atoms with van der Waals surface area (Å²) in [6.07, 6.45) is 2.14. The first-order valence-electron chi connectivity index (χ1n) is 3.19. The van der Waals surface area contributed by atoms with Crippen LogP contribution in [0.1, 0.15) is 19.8 Å². The highest BCUT2D eigenvalue weighted by Crippen LogP contribution is 2.15. The van der Waals surface area contributed by atoms with Crippen LogP contribution in [0.25, 0.3) is 0 Å². The van der Waals surface area contributed by atoms with Gasteiger partial charge in [0.1, 0.15) is 0 Å². The molecule has 0 aromatic carbocycles. The lowest BCUT2D eigenvalue weighted by molar-refractivity contribution is 0.751. The second-order valence-corrected chi connectivity index (χ2v) is 3.83. The molecule has 2 unspecified atom stereocenters. The van der Waals surface area contributed by atoms with E-state index in [0.29, 0.717) is 10.5 Å². The molecule has 0 amide bonds. The highest BCUT2D eigenvalue weighted by Gasteiger charge is 2.09. The Balaban J connectivity index is 3.32. The van der Waals surface area contributed by atoms with Crippen molar-refractivity contribution in [2.75, 3.05) is 5.75 Å². The Morgan fingerprint density at radius 2 is 1.78 bits per heavy atom. The molecule has 0 aromatic heterocycles. The third-order valence-corrected chi connectivity index (χ3v) is 3.12. The molecule has 0 aliphatic rings. The van der Waals surface area contributed by atoms with E-state index in [0.717, 1.165) is 18.6 Å². The Hall–Kier alpha value is 1.05. The third kappa shape index (κ3) is 4.45. The Kier molecular flexibility index (Phi) is 6.48. The summed E-state index contributed by atoms with van der Waals surface area (Å²) in [6, 6.07) is 0. The van der Waals surface area contributed by atoms with Gasteiger partial charge in [-0.3, -0.25) is 0 Å². The molecule has 0 aromatic rings. The Morgan fingerprint density at radius 1 is 1.22 bits per heavy atom. The maximum atomic E-state index is 4.36. The van der Waals surface area contributed by atoms with Gasteiger partial charge in [0.05, 0.1) is 0 Å². The van der Waals surface area contributed by atoms with Crippen LogP contribution in [-0.2, 0) is 0 Å². The van der Waals surface area contributed by atoms with Crippen molar-refractivity contribution in [1.82, 2.24) is 0 Å². The second kappa shape index (κ2) is 5.81. The molecule has 0 bridgehead atoms. The minimum absolute atomic E-state index is 0.413. The summed E-state index contributed by atoms with van der Waals surface area (Å²) in [6.45, 7) is 2.12. The van der Waals surface area contributed by atoms with E-state index in [4.69, 9.17) is 0 Å². The van der Waals surface area contributed by atoms with Crippen molar-refractivity contribution in [3.05, 3.63) is 0 Å². The number of hydrogen-bond acceptors (Lipinski definition) is 3. The summed E-state index contributed by atoms with van der Waals surface area (Å²) < 4.78 is 0. The molecule has 0 nitrogen and oxygen atoms in total. The first kappa shape index (κ1) is 10.0. The lowest BCUT2D eigenvalue weighted by Crippen LogP contribution is -2.14. The minimum Gasteiger partial charge on any atom is -0.179 e. The molecule has 0 saturated carbocycles. The predicted octanol–water partition coefficient (Wildman–Crippen LogP) is 2.31. The van der Waals surface area contributed by atoms with Crippen molar-refractivity contribution in [3.8, 4) is 0 Å². The molecule has 0 saturated heterocycles. The van der Waals surface area contributed by atoms with Crippen molar-refractivity contribution in [3.63, 3.8) is 0 Å². The average molecular weight is 182 g/mol. The van der Waals surface area contributed by atoms with Gasteiger partial charge in [-0.05, 0) is 18.6 Å². The highest BCUT2D eigenvalue weighted by molar-refractivity contribution is 7.85. The molecule has 0 radical (unpaired) electrons. The van der Waals surface area contributed by atoms with Crippen LogP contribution >= 0.6 is 37.9 Å². The first-order valence-corrected chi connectivity index (χ1v) is 4.85. The van der Waals surface area contributed by atoms with E-state index < -0.39 is 0 Å². The van der Waals surface area contributed by atoms with Gasteiger partial charge in [-0.15, -0.1) is 0 Å². The van der Waals surface area contributed by atoms with E-state index in [2.05, 4.69) is 44.8 Å². The van der Waals surface area contributed by atoms with E-state index in [1.165, 1.54) is 0 Å². The molecule has 56 valence electrons. The van der Waals surface area contributed by atoms with Gasteiger partial charge in [0.2, 0.25) is 0 Å². The lowest BCUT2D eigenvalue weighted by atomic mass is 10.2. The topological polar surface area (TPSA) is 0 Å². The van der Waals surface area contributed by atoms with Crippen LogP contribution in [0.15, 0.2) is 0 Å². The molecule has 0 heterocycles. The quantitative estimate of drug-likeness (QED) is 0.546. The molecule has 3 heteroatoms. The Labute approximate surface area is 74.0 Å². The molecule has 0 N–H and O–H groups in total. The van der Waals surface area contributed by atoms with E-state index in [1.807, 2.05) is 0 Å². The van der Waals surface area contributed by atoms with Gasteiger partial charge in [-0.1, -0.05) is 6.92 Å². The van der Waals surface area contributed by atoms with Gasteiger partial charge in [0, 0.05) is 10.5 Å². The van der Waals surface area contributed by atoms with Crippen LogP contribution in [0.2, 0.25) is 0 Å². The summed E-state index contributed by atoms with van der Waals surface area (Å²) in [5.74, 6) is 0.908. The number of rotatable bonds is 4. The van der Waals surface area contributed by atoms with Crippen molar-refractivity contribution in [1.29, 1.82) is 0 Å². The van der Waals surface area contributed by atoms with Crippen LogP contribution in [0, 0.1) is 0 Å². The fraction of sp³-hybridized carbons (Fsp3) is 1.00. The first-order chi connectivity index (χ1) is 4.22. The fourth-order valence-electron chi connectivity index (χ4n) is 0.597. The van der Waals surface area contributed by atoms with Crippen molar-refractivity contribution >= 4 is 37.9 Å². The van der Waals surface area contributed by atoms with Crippen molar-refractivity contribution in [2.45, 2.75) is 30.3 Å². The molecule has 0 spiro atoms. The minimum atomic E-state index is 0.413. The molecule has 2 atom stereocenters. The van der Waals surface area contributed by atoms with Gasteiger partial charge >= 0.3 is 0 Å². The van der Waals surface area contributed by atoms with Crippen LogP contribution in [0.4, 0.5) is 0 Å². The Morgan fingerprint density at radius 3 is 2.11 bits per heavy atom. The van der Waals surface area contributed by atoms with Crippen LogP contribution < -0.4 is 0 Å². The van der Waals surface area contributed by atoms with Gasteiger partial charge < -0.3 is 0 Å². The van der Waals surface area contributed by atoms with E-state index >= 15 is 0 Å². The zero-order valence-electron chi connectivity index (χ0n) is 5.62. The Bertz CT molecular complexity index is 65.3. The largest absolute Gasteiger partial charge is 0.179 e. The lowest BCUT2D eigenvalue weighted by Gasteiger charge is -2.14. The standard InChI is InChI=1S/C6H14S3/c1-2-5(8)6(9)3-4-7/h5-9H,2-4H2,1H3. The zero-order chi connectivity index (χ0) is 7.28. The van der Waals surface area contributed by atoms with E-state index in [9.17, 15) is 0 Å². The van der Waals surface area contributed by atoms with Crippen molar-refractivity contribution in [2.24, 2.45) is 0 Å². The van der Waals surface area contributed by atoms with Crippen molar-refractivity contribution < 1.29 is 0 Å². The molecular weight excluding hydrogens is 168 g/mol. The second-order valence-electron chi connectivity index (χ2n) is 2.06. The van der Waals surface area contributed by atoms with Gasteiger partial charge in [0.25, 0.3) is 0 Å². The third-order valence-electron chi connectivity index (χ3n) is 1.29. The smallest absolute Gasteiger partial charge is 0.0141 e. The molecule has 0 aliphatic carbocycles. The van der Waals surface area contributed by atoms with E-state index in [-0.39, 0.29) is 0 Å².